The van der Waals surface area contributed by atoms with Gasteiger partial charge in [0.05, 0.1) is 5.69 Å². The van der Waals surface area contributed by atoms with E-state index >= 15 is 0 Å². The predicted octanol–water partition coefficient (Wildman–Crippen LogP) is 2.75. The van der Waals surface area contributed by atoms with Gasteiger partial charge in [-0.15, -0.1) is 11.3 Å². The molecule has 1 heterocycles. The Bertz CT molecular complexity index is 592. The second-order valence-electron chi connectivity index (χ2n) is 3.49. The van der Waals surface area contributed by atoms with E-state index in [4.69, 9.17) is 17.3 Å². The van der Waals surface area contributed by atoms with Gasteiger partial charge in [-0.2, -0.15) is 0 Å². The third-order valence-electron chi connectivity index (χ3n) is 2.24. The van der Waals surface area contributed by atoms with E-state index in [0.29, 0.717) is 21.2 Å². The second kappa shape index (κ2) is 5.20. The second-order valence-corrected chi connectivity index (χ2v) is 4.84. The molecule has 1 aromatic carbocycles. The molecule has 0 saturated carbocycles. The highest BCUT2D eigenvalue weighted by molar-refractivity contribution is 7.12. The fourth-order valence-corrected chi connectivity index (χ4v) is 2.22. The maximum Gasteiger partial charge on any atom is 0.260 e. The first-order valence-electron chi connectivity index (χ1n) is 5.02. The number of thiophene rings is 1. The van der Waals surface area contributed by atoms with E-state index in [1.165, 1.54) is 11.3 Å². The minimum Gasteiger partial charge on any atom is -0.365 e. The topological polar surface area (TPSA) is 72.2 Å². The average molecular weight is 281 g/mol. The van der Waals surface area contributed by atoms with Crippen molar-refractivity contribution >= 4 is 40.4 Å². The number of nitrogens with one attached hydrogen (secondary N) is 1. The van der Waals surface area contributed by atoms with Crippen LogP contribution < -0.4 is 11.1 Å². The van der Waals surface area contributed by atoms with Gasteiger partial charge in [-0.05, 0) is 35.7 Å². The van der Waals surface area contributed by atoms with Crippen molar-refractivity contribution in [3.63, 3.8) is 0 Å². The maximum atomic E-state index is 11.9. The Hall–Kier alpha value is -1.85. The fourth-order valence-electron chi connectivity index (χ4n) is 1.39. The molecule has 2 aromatic rings. The number of anilines is 1. The lowest BCUT2D eigenvalue weighted by Gasteiger charge is -2.04. The third-order valence-corrected chi connectivity index (χ3v) is 3.42. The summed E-state index contributed by atoms with van der Waals surface area (Å²) in [4.78, 5) is 23.3. The number of primary amides is 1. The first-order valence-corrected chi connectivity index (χ1v) is 6.28. The minimum absolute atomic E-state index is 0.312. The number of carbonyl (C=O) groups is 2. The number of halogens is 1. The van der Waals surface area contributed by atoms with Crippen molar-refractivity contribution < 1.29 is 9.59 Å². The molecule has 0 atom stereocenters. The summed E-state index contributed by atoms with van der Waals surface area (Å²) in [6.45, 7) is 0. The van der Waals surface area contributed by atoms with Crippen LogP contribution in [0.25, 0.3) is 0 Å². The highest BCUT2D eigenvalue weighted by atomic mass is 35.5. The summed E-state index contributed by atoms with van der Waals surface area (Å²) >= 11 is 6.92. The number of rotatable bonds is 3. The zero-order valence-corrected chi connectivity index (χ0v) is 10.7. The molecule has 0 bridgehead atoms. The predicted molar refractivity (Wildman–Crippen MR) is 72.2 cm³/mol. The molecule has 6 heteroatoms. The molecule has 2 amide bonds. The van der Waals surface area contributed by atoms with E-state index in [0.717, 1.165) is 0 Å². The maximum absolute atomic E-state index is 11.9. The Balaban J connectivity index is 2.19. The monoisotopic (exact) mass is 280 g/mol. The largest absolute Gasteiger partial charge is 0.365 e. The van der Waals surface area contributed by atoms with Crippen LogP contribution in [0.4, 0.5) is 5.69 Å². The molecule has 4 nitrogen and oxygen atoms in total. The van der Waals surface area contributed by atoms with Crippen molar-refractivity contribution in [1.29, 1.82) is 0 Å². The molecule has 0 radical (unpaired) electrons. The summed E-state index contributed by atoms with van der Waals surface area (Å²) in [6, 6.07) is 8.10. The lowest BCUT2D eigenvalue weighted by atomic mass is 10.2. The van der Waals surface area contributed by atoms with Crippen LogP contribution in [0.2, 0.25) is 5.02 Å². The van der Waals surface area contributed by atoms with E-state index in [2.05, 4.69) is 5.32 Å². The summed E-state index contributed by atoms with van der Waals surface area (Å²) < 4.78 is 0. The number of hydrogen-bond donors (Lipinski definition) is 2. The normalized spacial score (nSPS) is 10.1. The Labute approximate surface area is 112 Å². The molecule has 0 unspecified atom stereocenters. The number of nitrogens with two attached hydrogens (primary N) is 1. The van der Waals surface area contributed by atoms with E-state index in [-0.39, 0.29) is 5.91 Å². The Kier molecular flexibility index (Phi) is 3.64. The van der Waals surface area contributed by atoms with Gasteiger partial charge in [0, 0.05) is 10.6 Å². The third kappa shape index (κ3) is 2.69. The molecule has 0 aliphatic heterocycles. The van der Waals surface area contributed by atoms with Crippen LogP contribution in [0.5, 0.6) is 0 Å². The van der Waals surface area contributed by atoms with Gasteiger partial charge in [0.1, 0.15) is 4.88 Å². The molecular formula is C12H9ClN2O2S. The minimum atomic E-state index is -0.559. The summed E-state index contributed by atoms with van der Waals surface area (Å²) in [5.41, 5.74) is 6.08. The average Bonchev–Trinajstić information content (AvgIpc) is 2.78. The van der Waals surface area contributed by atoms with Gasteiger partial charge in [0.25, 0.3) is 11.8 Å². The number of carbonyl (C=O) groups excluding carboxylic acids is 2. The van der Waals surface area contributed by atoms with Crippen LogP contribution in [0, 0.1) is 0 Å². The first-order chi connectivity index (χ1) is 8.58. The van der Waals surface area contributed by atoms with E-state index in [1.807, 2.05) is 0 Å². The zero-order valence-electron chi connectivity index (χ0n) is 9.14. The van der Waals surface area contributed by atoms with Gasteiger partial charge >= 0.3 is 0 Å². The van der Waals surface area contributed by atoms with Gasteiger partial charge in [0.15, 0.2) is 0 Å². The Morgan fingerprint density at radius 3 is 2.44 bits per heavy atom. The number of hydrogen-bond acceptors (Lipinski definition) is 3. The van der Waals surface area contributed by atoms with Gasteiger partial charge in [-0.1, -0.05) is 11.6 Å². The van der Waals surface area contributed by atoms with Crippen molar-refractivity contribution in [3.8, 4) is 0 Å². The summed E-state index contributed by atoms with van der Waals surface area (Å²) in [5, 5.41) is 4.88. The van der Waals surface area contributed by atoms with Crippen molar-refractivity contribution in [3.05, 3.63) is 51.2 Å². The van der Waals surface area contributed by atoms with Crippen LogP contribution >= 0.6 is 22.9 Å². The summed E-state index contributed by atoms with van der Waals surface area (Å²) in [6.07, 6.45) is 0. The summed E-state index contributed by atoms with van der Waals surface area (Å²) in [7, 11) is 0. The Morgan fingerprint density at radius 2 is 1.83 bits per heavy atom. The smallest absolute Gasteiger partial charge is 0.260 e. The molecule has 0 saturated heterocycles. The lowest BCUT2D eigenvalue weighted by molar-refractivity contribution is 0.100. The van der Waals surface area contributed by atoms with E-state index in [1.54, 1.807) is 35.7 Å². The number of amides is 2. The van der Waals surface area contributed by atoms with Crippen molar-refractivity contribution in [1.82, 2.24) is 0 Å². The van der Waals surface area contributed by atoms with Crippen LogP contribution in [-0.2, 0) is 0 Å². The van der Waals surface area contributed by atoms with Crippen molar-refractivity contribution in [2.45, 2.75) is 0 Å². The van der Waals surface area contributed by atoms with Crippen LogP contribution in [0.1, 0.15) is 20.0 Å². The lowest BCUT2D eigenvalue weighted by Crippen LogP contribution is -2.16. The molecule has 3 N–H and O–H groups in total. The van der Waals surface area contributed by atoms with Crippen molar-refractivity contribution in [2.75, 3.05) is 5.32 Å². The fraction of sp³-hybridized carbons (Fsp3) is 0. The molecule has 1 aromatic heterocycles. The first kappa shape index (κ1) is 12.6. The quantitative estimate of drug-likeness (QED) is 0.907. The highest BCUT2D eigenvalue weighted by Crippen LogP contribution is 2.22. The molecule has 18 heavy (non-hydrogen) atoms. The molecule has 0 spiro atoms. The van der Waals surface area contributed by atoms with Crippen LogP contribution in [0.15, 0.2) is 35.7 Å². The van der Waals surface area contributed by atoms with Crippen molar-refractivity contribution in [2.24, 2.45) is 5.73 Å². The van der Waals surface area contributed by atoms with E-state index in [9.17, 15) is 9.59 Å². The molecule has 2 rings (SSSR count). The highest BCUT2D eigenvalue weighted by Gasteiger charge is 2.13. The number of benzene rings is 1. The summed E-state index contributed by atoms with van der Waals surface area (Å²) in [5.74, 6) is -0.871. The van der Waals surface area contributed by atoms with Crippen LogP contribution in [-0.4, -0.2) is 11.8 Å². The van der Waals surface area contributed by atoms with Gasteiger partial charge in [-0.25, -0.2) is 0 Å². The molecule has 0 fully saturated rings. The van der Waals surface area contributed by atoms with Gasteiger partial charge in [0.2, 0.25) is 0 Å². The molecule has 0 aliphatic rings. The van der Waals surface area contributed by atoms with E-state index < -0.39 is 5.91 Å². The van der Waals surface area contributed by atoms with Crippen LogP contribution in [0.3, 0.4) is 0 Å². The standard InChI is InChI=1S/C12H9ClN2O2S/c13-8-3-1-7(2-4-8)12(17)15-9-5-6-18-10(9)11(14)16/h1-6H,(H2,14,16)(H,15,17). The molecule has 0 aliphatic carbocycles. The SMILES string of the molecule is NC(=O)c1sccc1NC(=O)c1ccc(Cl)cc1. The van der Waals surface area contributed by atoms with Gasteiger partial charge < -0.3 is 11.1 Å². The molecular weight excluding hydrogens is 272 g/mol. The van der Waals surface area contributed by atoms with Gasteiger partial charge in [-0.3, -0.25) is 9.59 Å². The Morgan fingerprint density at radius 1 is 1.17 bits per heavy atom. The zero-order chi connectivity index (χ0) is 13.1. The molecule has 92 valence electrons.